The van der Waals surface area contributed by atoms with E-state index in [2.05, 4.69) is 6.92 Å². The van der Waals surface area contributed by atoms with Crippen LogP contribution in [0, 0.1) is 0 Å². The molecule has 1 aliphatic rings. The van der Waals surface area contributed by atoms with E-state index in [0.717, 1.165) is 43.3 Å². The van der Waals surface area contributed by atoms with Crippen molar-refractivity contribution in [1.82, 2.24) is 0 Å². The molecule has 0 saturated carbocycles. The zero-order valence-corrected chi connectivity index (χ0v) is 13.5. The maximum atomic E-state index is 11.9. The molecule has 0 saturated heterocycles. The van der Waals surface area contributed by atoms with Gasteiger partial charge in [0.25, 0.3) is 0 Å². The highest BCUT2D eigenvalue weighted by Gasteiger charge is 2.20. The van der Waals surface area contributed by atoms with Crippen LogP contribution in [0.1, 0.15) is 71.1 Å². The lowest BCUT2D eigenvalue weighted by Gasteiger charge is -2.06. The maximum absolute atomic E-state index is 11.9. The molecule has 0 radical (unpaired) electrons. The average molecular weight is 308 g/mol. The van der Waals surface area contributed by atoms with Crippen LogP contribution < -0.4 is 0 Å². The van der Waals surface area contributed by atoms with Crippen LogP contribution in [-0.4, -0.2) is 28.1 Å². The zero-order chi connectivity index (χ0) is 16.4. The van der Waals surface area contributed by atoms with Gasteiger partial charge in [-0.2, -0.15) is 0 Å². The molecule has 0 aromatic carbocycles. The molecule has 1 atom stereocenters. The fraction of sp³-hybridized carbons (Fsp3) is 0.667. The Labute approximate surface area is 132 Å². The van der Waals surface area contributed by atoms with Crippen molar-refractivity contribution in [3.05, 3.63) is 23.3 Å². The summed E-state index contributed by atoms with van der Waals surface area (Å²) < 4.78 is 0. The van der Waals surface area contributed by atoms with Gasteiger partial charge in [0, 0.05) is 12.8 Å². The van der Waals surface area contributed by atoms with Gasteiger partial charge in [0.15, 0.2) is 5.78 Å². The van der Waals surface area contributed by atoms with Gasteiger partial charge in [0.2, 0.25) is 0 Å². The van der Waals surface area contributed by atoms with Gasteiger partial charge in [-0.1, -0.05) is 31.9 Å². The number of ketones is 1. The Balaban J connectivity index is 2.43. The van der Waals surface area contributed by atoms with Crippen LogP contribution in [0.3, 0.4) is 0 Å². The van der Waals surface area contributed by atoms with Crippen molar-refractivity contribution in [3.63, 3.8) is 0 Å². The first-order valence-corrected chi connectivity index (χ1v) is 8.37. The molecule has 22 heavy (non-hydrogen) atoms. The summed E-state index contributed by atoms with van der Waals surface area (Å²) in [5.74, 6) is -0.539. The van der Waals surface area contributed by atoms with E-state index in [1.54, 1.807) is 6.08 Å². The summed E-state index contributed by atoms with van der Waals surface area (Å²) in [5.41, 5.74) is 2.02. The molecule has 0 bridgehead atoms. The molecular formula is C18H28O4. The summed E-state index contributed by atoms with van der Waals surface area (Å²) >= 11 is 0. The second kappa shape index (κ2) is 10.3. The van der Waals surface area contributed by atoms with E-state index in [9.17, 15) is 14.7 Å². The number of allylic oxidation sites excluding steroid dienone is 3. The number of aliphatic hydroxyl groups is 1. The largest absolute Gasteiger partial charge is 0.481 e. The van der Waals surface area contributed by atoms with Gasteiger partial charge in [-0.15, -0.1) is 0 Å². The van der Waals surface area contributed by atoms with E-state index in [4.69, 9.17) is 5.11 Å². The quantitative estimate of drug-likeness (QED) is 0.569. The van der Waals surface area contributed by atoms with Gasteiger partial charge in [0.1, 0.15) is 0 Å². The number of aliphatic carboxylic acids is 1. The number of unbranched alkanes of at least 4 members (excludes halogenated alkanes) is 3. The van der Waals surface area contributed by atoms with E-state index in [1.807, 2.05) is 6.08 Å². The van der Waals surface area contributed by atoms with Crippen molar-refractivity contribution in [2.45, 2.75) is 77.2 Å². The van der Waals surface area contributed by atoms with Gasteiger partial charge < -0.3 is 10.2 Å². The highest BCUT2D eigenvalue weighted by Crippen LogP contribution is 2.28. The number of carboxylic acids is 1. The van der Waals surface area contributed by atoms with Crippen molar-refractivity contribution >= 4 is 11.8 Å². The van der Waals surface area contributed by atoms with Crippen LogP contribution in [0.4, 0.5) is 0 Å². The van der Waals surface area contributed by atoms with Crippen LogP contribution >= 0.6 is 0 Å². The lowest BCUT2D eigenvalue weighted by molar-refractivity contribution is -0.137. The Morgan fingerprint density at radius 1 is 1.23 bits per heavy atom. The fourth-order valence-electron chi connectivity index (χ4n) is 2.72. The molecule has 0 fully saturated rings. The van der Waals surface area contributed by atoms with Gasteiger partial charge in [-0.3, -0.25) is 9.59 Å². The summed E-state index contributed by atoms with van der Waals surface area (Å²) in [5, 5.41) is 18.5. The topological polar surface area (TPSA) is 74.6 Å². The second-order valence-electron chi connectivity index (χ2n) is 5.95. The smallest absolute Gasteiger partial charge is 0.303 e. The van der Waals surface area contributed by atoms with E-state index in [0.29, 0.717) is 25.7 Å². The molecular weight excluding hydrogens is 280 g/mol. The van der Waals surface area contributed by atoms with Crippen LogP contribution in [0.15, 0.2) is 23.3 Å². The molecule has 124 valence electrons. The first kappa shape index (κ1) is 18.6. The highest BCUT2D eigenvalue weighted by molar-refractivity contribution is 5.99. The van der Waals surface area contributed by atoms with Crippen molar-refractivity contribution in [3.8, 4) is 0 Å². The summed E-state index contributed by atoms with van der Waals surface area (Å²) in [6, 6.07) is 0. The zero-order valence-electron chi connectivity index (χ0n) is 13.5. The number of hydrogen-bond donors (Lipinski definition) is 2. The number of aliphatic hydroxyl groups excluding tert-OH is 1. The molecule has 4 nitrogen and oxygen atoms in total. The molecule has 0 unspecified atom stereocenters. The molecule has 2 N–H and O–H groups in total. The number of Topliss-reactive ketones (excluding diaryl/α,β-unsaturated/α-hetero) is 1. The number of rotatable bonds is 11. The predicted molar refractivity (Wildman–Crippen MR) is 86.7 cm³/mol. The molecule has 0 spiro atoms. The van der Waals surface area contributed by atoms with E-state index in [-0.39, 0.29) is 12.2 Å². The van der Waals surface area contributed by atoms with Crippen LogP contribution in [-0.2, 0) is 9.59 Å². The number of hydrogen-bond acceptors (Lipinski definition) is 3. The fourth-order valence-corrected chi connectivity index (χ4v) is 2.72. The lowest BCUT2D eigenvalue weighted by atomic mass is 10.0. The minimum absolute atomic E-state index is 0.150. The van der Waals surface area contributed by atoms with Gasteiger partial charge in [0.05, 0.1) is 6.10 Å². The van der Waals surface area contributed by atoms with Gasteiger partial charge >= 0.3 is 5.97 Å². The summed E-state index contributed by atoms with van der Waals surface area (Å²) in [7, 11) is 0. The average Bonchev–Trinajstić information content (AvgIpc) is 2.82. The third kappa shape index (κ3) is 7.03. The van der Waals surface area contributed by atoms with Crippen molar-refractivity contribution in [1.29, 1.82) is 0 Å². The molecule has 1 aliphatic carbocycles. The van der Waals surface area contributed by atoms with Gasteiger partial charge in [-0.05, 0) is 49.7 Å². The van der Waals surface area contributed by atoms with Crippen LogP contribution in [0.5, 0.6) is 0 Å². The minimum Gasteiger partial charge on any atom is -0.481 e. The molecule has 0 aromatic heterocycles. The second-order valence-corrected chi connectivity index (χ2v) is 5.95. The third-order valence-corrected chi connectivity index (χ3v) is 4.04. The van der Waals surface area contributed by atoms with E-state index < -0.39 is 12.1 Å². The number of carbonyl (C=O) groups is 2. The standard InChI is InChI=1S/C18H28O4/c1-2-3-4-8-16-14(11-13-17(16)20)10-12-15(19)7-5-6-9-18(21)22/h10,12,15,19H,2-9,11,13H2,1H3,(H,21,22)/b12-10+/t15-/m0/s1. The highest BCUT2D eigenvalue weighted by atomic mass is 16.4. The summed E-state index contributed by atoms with van der Waals surface area (Å²) in [6.45, 7) is 2.15. The molecule has 1 rings (SSSR count). The molecule has 0 aliphatic heterocycles. The van der Waals surface area contributed by atoms with E-state index in [1.165, 1.54) is 0 Å². The first-order chi connectivity index (χ1) is 10.5. The predicted octanol–water partition coefficient (Wildman–Crippen LogP) is 3.79. The Kier molecular flexibility index (Phi) is 8.75. The van der Waals surface area contributed by atoms with Crippen LogP contribution in [0.2, 0.25) is 0 Å². The lowest BCUT2D eigenvalue weighted by Crippen LogP contribution is -2.03. The Morgan fingerprint density at radius 3 is 2.68 bits per heavy atom. The molecule has 0 aromatic rings. The maximum Gasteiger partial charge on any atom is 0.303 e. The Hall–Kier alpha value is -1.42. The summed E-state index contributed by atoms with van der Waals surface area (Å²) in [4.78, 5) is 22.3. The van der Waals surface area contributed by atoms with Crippen LogP contribution in [0.25, 0.3) is 0 Å². The summed E-state index contributed by atoms with van der Waals surface area (Å²) in [6.07, 6.45) is 10.6. The molecule has 0 heterocycles. The molecule has 4 heteroatoms. The van der Waals surface area contributed by atoms with Crippen molar-refractivity contribution in [2.75, 3.05) is 0 Å². The molecule has 0 amide bonds. The number of carbonyl (C=O) groups excluding carboxylic acids is 1. The SMILES string of the molecule is CCCCCC1=C(/C=C/[C@@H](O)CCCCC(=O)O)CCC1=O. The first-order valence-electron chi connectivity index (χ1n) is 8.37. The Morgan fingerprint density at radius 2 is 2.00 bits per heavy atom. The number of carboxylic acid groups (broad SMARTS) is 1. The van der Waals surface area contributed by atoms with Crippen molar-refractivity contribution < 1.29 is 19.8 Å². The minimum atomic E-state index is -0.795. The van der Waals surface area contributed by atoms with E-state index >= 15 is 0 Å². The normalized spacial score (nSPS) is 16.7. The van der Waals surface area contributed by atoms with Crippen molar-refractivity contribution in [2.24, 2.45) is 0 Å². The van der Waals surface area contributed by atoms with Gasteiger partial charge in [-0.25, -0.2) is 0 Å². The third-order valence-electron chi connectivity index (χ3n) is 4.04. The monoisotopic (exact) mass is 308 g/mol. The Bertz CT molecular complexity index is 434.